The largest absolute Gasteiger partial charge is 0.493 e. The highest BCUT2D eigenvalue weighted by Gasteiger charge is 2.13. The number of nitrogens with zero attached hydrogens (tertiary/aromatic N) is 1. The fourth-order valence-electron chi connectivity index (χ4n) is 4.05. The molecule has 1 heterocycles. The van der Waals surface area contributed by atoms with Crippen LogP contribution in [0, 0.1) is 5.92 Å². The minimum absolute atomic E-state index is 0.617. The molecule has 0 N–H and O–H groups in total. The van der Waals surface area contributed by atoms with E-state index in [4.69, 9.17) is 27.9 Å². The molecule has 30 heavy (non-hydrogen) atoms. The van der Waals surface area contributed by atoms with Gasteiger partial charge in [-0.1, -0.05) is 68.4 Å². The fourth-order valence-corrected chi connectivity index (χ4v) is 4.38. The van der Waals surface area contributed by atoms with Gasteiger partial charge in [0.15, 0.2) is 0 Å². The molecule has 0 aliphatic heterocycles. The second-order valence-corrected chi connectivity index (χ2v) is 8.75. The highest BCUT2D eigenvalue weighted by molar-refractivity contribution is 6.32. The Bertz CT molecular complexity index is 1090. The smallest absolute Gasteiger partial charge is 0.119 e. The van der Waals surface area contributed by atoms with Crippen LogP contribution in [-0.2, 0) is 0 Å². The van der Waals surface area contributed by atoms with Crippen molar-refractivity contribution in [2.45, 2.75) is 39.5 Å². The Labute approximate surface area is 188 Å². The quantitative estimate of drug-likeness (QED) is 0.267. The fraction of sp³-hybridized carbons (Fsp3) is 0.308. The normalized spacial score (nSPS) is 12.5. The zero-order chi connectivity index (χ0) is 21.1. The first-order valence-electron chi connectivity index (χ1n) is 10.7. The number of fused-ring (bicyclic) bond motifs is 3. The van der Waals surface area contributed by atoms with Gasteiger partial charge in [-0.05, 0) is 60.9 Å². The van der Waals surface area contributed by atoms with Crippen LogP contribution in [0.25, 0.3) is 27.5 Å². The number of hydrogen-bond donors (Lipinski definition) is 0. The molecule has 2 nitrogen and oxygen atoms in total. The molecule has 1 aromatic heterocycles. The number of unbranched alkanes of at least 4 members (excludes halogenated alkanes) is 1. The third-order valence-electron chi connectivity index (χ3n) is 5.82. The molecule has 4 aromatic rings. The summed E-state index contributed by atoms with van der Waals surface area (Å²) in [4.78, 5) is 0. The van der Waals surface area contributed by atoms with Crippen LogP contribution in [0.1, 0.15) is 39.5 Å². The summed E-state index contributed by atoms with van der Waals surface area (Å²) in [5.41, 5.74) is 3.20. The van der Waals surface area contributed by atoms with Crippen molar-refractivity contribution in [1.82, 2.24) is 4.57 Å². The van der Waals surface area contributed by atoms with E-state index in [2.05, 4.69) is 54.8 Å². The summed E-state index contributed by atoms with van der Waals surface area (Å²) in [6.45, 7) is 5.25. The molecular formula is C26H27Cl2NO. The highest BCUT2D eigenvalue weighted by Crippen LogP contribution is 2.35. The van der Waals surface area contributed by atoms with Gasteiger partial charge in [0.2, 0.25) is 0 Å². The lowest BCUT2D eigenvalue weighted by Gasteiger charge is -2.16. The van der Waals surface area contributed by atoms with Crippen LogP contribution in [0.15, 0.2) is 60.7 Å². The summed E-state index contributed by atoms with van der Waals surface area (Å²) in [5.74, 6) is 1.52. The number of benzene rings is 3. The van der Waals surface area contributed by atoms with Gasteiger partial charge in [-0.25, -0.2) is 0 Å². The molecule has 0 bridgehead atoms. The van der Waals surface area contributed by atoms with Gasteiger partial charge in [-0.2, -0.15) is 0 Å². The maximum atomic E-state index is 6.32. The lowest BCUT2D eigenvalue weighted by atomic mass is 10.0. The van der Waals surface area contributed by atoms with Gasteiger partial charge in [-0.3, -0.25) is 0 Å². The van der Waals surface area contributed by atoms with E-state index in [0.717, 1.165) is 56.3 Å². The zero-order valence-electron chi connectivity index (χ0n) is 17.5. The minimum atomic E-state index is 0.617. The summed E-state index contributed by atoms with van der Waals surface area (Å²) < 4.78 is 8.30. The molecule has 1 atom stereocenters. The number of aromatic nitrogens is 1. The third kappa shape index (κ3) is 4.31. The van der Waals surface area contributed by atoms with Crippen molar-refractivity contribution < 1.29 is 4.74 Å². The van der Waals surface area contributed by atoms with E-state index in [1.54, 1.807) is 0 Å². The standard InChI is InChI=1S/C26H27Cl2NO/c1-3-5-6-18(4-2)17-30-22-11-9-21(10-12-22)29-25-15-19(27)7-13-23(25)24-14-8-20(28)16-26(24)29/h7-16,18H,3-6,17H2,1-2H3. The maximum absolute atomic E-state index is 6.32. The van der Waals surface area contributed by atoms with Crippen molar-refractivity contribution in [2.75, 3.05) is 6.61 Å². The molecule has 156 valence electrons. The first-order valence-corrected chi connectivity index (χ1v) is 11.5. The monoisotopic (exact) mass is 439 g/mol. The summed E-state index contributed by atoms with van der Waals surface area (Å²) >= 11 is 12.6. The SMILES string of the molecule is CCCCC(CC)COc1ccc(-n2c3cc(Cl)ccc3c3ccc(Cl)cc32)cc1. The lowest BCUT2D eigenvalue weighted by Crippen LogP contribution is -2.11. The van der Waals surface area contributed by atoms with Crippen molar-refractivity contribution in [2.24, 2.45) is 5.92 Å². The molecule has 0 amide bonds. The summed E-state index contributed by atoms with van der Waals surface area (Å²) in [6.07, 6.45) is 4.88. The van der Waals surface area contributed by atoms with Crippen LogP contribution in [0.4, 0.5) is 0 Å². The molecule has 0 saturated carbocycles. The number of ether oxygens (including phenoxy) is 1. The Morgan fingerprint density at radius 2 is 1.43 bits per heavy atom. The summed E-state index contributed by atoms with van der Waals surface area (Å²) in [6, 6.07) is 20.3. The van der Waals surface area contributed by atoms with E-state index < -0.39 is 0 Å². The van der Waals surface area contributed by atoms with E-state index in [1.807, 2.05) is 24.3 Å². The Morgan fingerprint density at radius 1 is 0.833 bits per heavy atom. The van der Waals surface area contributed by atoms with Gasteiger partial charge in [0.1, 0.15) is 5.75 Å². The molecule has 0 aliphatic rings. The number of rotatable bonds is 8. The molecule has 0 fully saturated rings. The molecule has 0 radical (unpaired) electrons. The van der Waals surface area contributed by atoms with Gasteiger partial charge in [0.25, 0.3) is 0 Å². The van der Waals surface area contributed by atoms with Gasteiger partial charge in [0.05, 0.1) is 17.6 Å². The second kappa shape index (κ2) is 9.32. The van der Waals surface area contributed by atoms with Gasteiger partial charge in [-0.15, -0.1) is 0 Å². The predicted octanol–water partition coefficient (Wildman–Crippen LogP) is 8.69. The average molecular weight is 440 g/mol. The van der Waals surface area contributed by atoms with E-state index in [1.165, 1.54) is 19.3 Å². The van der Waals surface area contributed by atoms with Crippen LogP contribution < -0.4 is 4.74 Å². The van der Waals surface area contributed by atoms with Crippen molar-refractivity contribution in [3.8, 4) is 11.4 Å². The van der Waals surface area contributed by atoms with Crippen LogP contribution in [0.5, 0.6) is 5.75 Å². The lowest BCUT2D eigenvalue weighted by molar-refractivity contribution is 0.233. The van der Waals surface area contributed by atoms with Crippen molar-refractivity contribution >= 4 is 45.0 Å². The van der Waals surface area contributed by atoms with Crippen molar-refractivity contribution in [3.05, 3.63) is 70.7 Å². The van der Waals surface area contributed by atoms with Gasteiger partial charge in [0, 0.05) is 26.5 Å². The Hall–Kier alpha value is -2.16. The van der Waals surface area contributed by atoms with E-state index in [0.29, 0.717) is 5.92 Å². The Balaban J connectivity index is 1.67. The minimum Gasteiger partial charge on any atom is -0.493 e. The first-order chi connectivity index (χ1) is 14.6. The van der Waals surface area contributed by atoms with Crippen LogP contribution >= 0.6 is 23.2 Å². The molecule has 3 aromatic carbocycles. The van der Waals surface area contributed by atoms with Crippen LogP contribution in [-0.4, -0.2) is 11.2 Å². The molecule has 0 aliphatic carbocycles. The summed E-state index contributed by atoms with van der Waals surface area (Å²) in [7, 11) is 0. The Morgan fingerprint density at radius 3 is 1.97 bits per heavy atom. The van der Waals surface area contributed by atoms with E-state index in [-0.39, 0.29) is 0 Å². The first kappa shape index (κ1) is 21.1. The topological polar surface area (TPSA) is 14.2 Å². The third-order valence-corrected chi connectivity index (χ3v) is 6.29. The second-order valence-electron chi connectivity index (χ2n) is 7.88. The Kier molecular flexibility index (Phi) is 6.55. The van der Waals surface area contributed by atoms with Gasteiger partial charge < -0.3 is 9.30 Å². The van der Waals surface area contributed by atoms with Crippen molar-refractivity contribution in [3.63, 3.8) is 0 Å². The summed E-state index contributed by atoms with van der Waals surface area (Å²) in [5, 5.41) is 3.76. The highest BCUT2D eigenvalue weighted by atomic mass is 35.5. The van der Waals surface area contributed by atoms with Crippen LogP contribution in [0.2, 0.25) is 10.0 Å². The number of hydrogen-bond acceptors (Lipinski definition) is 1. The average Bonchev–Trinajstić information content (AvgIpc) is 3.06. The molecule has 4 rings (SSSR count). The number of halogens is 2. The van der Waals surface area contributed by atoms with Crippen LogP contribution in [0.3, 0.4) is 0 Å². The maximum Gasteiger partial charge on any atom is 0.119 e. The molecule has 4 heteroatoms. The molecule has 1 unspecified atom stereocenters. The molecule has 0 spiro atoms. The van der Waals surface area contributed by atoms with E-state index >= 15 is 0 Å². The van der Waals surface area contributed by atoms with Crippen molar-refractivity contribution in [1.29, 1.82) is 0 Å². The van der Waals surface area contributed by atoms with E-state index in [9.17, 15) is 0 Å². The zero-order valence-corrected chi connectivity index (χ0v) is 19.0. The predicted molar refractivity (Wildman–Crippen MR) is 130 cm³/mol. The molecule has 0 saturated heterocycles. The van der Waals surface area contributed by atoms with Gasteiger partial charge >= 0.3 is 0 Å². The molecular weight excluding hydrogens is 413 g/mol.